The minimum Gasteiger partial charge on any atom is -0.497 e. The summed E-state index contributed by atoms with van der Waals surface area (Å²) >= 11 is 0. The van der Waals surface area contributed by atoms with Gasteiger partial charge in [0.25, 0.3) is 15.9 Å². The second-order valence-corrected chi connectivity index (χ2v) is 8.68. The third-order valence-corrected chi connectivity index (χ3v) is 6.00. The maximum atomic E-state index is 13.0. The highest BCUT2D eigenvalue weighted by Crippen LogP contribution is 2.22. The van der Waals surface area contributed by atoms with Crippen LogP contribution in [0.4, 0.5) is 5.69 Å². The molecule has 1 N–H and O–H groups in total. The average molecular weight is 429 g/mol. The Morgan fingerprint density at radius 3 is 2.50 bits per heavy atom. The fourth-order valence-corrected chi connectivity index (χ4v) is 4.06. The zero-order valence-corrected chi connectivity index (χ0v) is 18.1. The van der Waals surface area contributed by atoms with E-state index in [9.17, 15) is 13.2 Å². The Morgan fingerprint density at radius 2 is 1.90 bits per heavy atom. The van der Waals surface area contributed by atoms with E-state index in [0.29, 0.717) is 29.1 Å². The molecule has 3 aromatic rings. The summed E-state index contributed by atoms with van der Waals surface area (Å²) in [7, 11) is 1.15. The first kappa shape index (κ1) is 21.4. The van der Waals surface area contributed by atoms with Crippen molar-refractivity contribution in [1.29, 1.82) is 0 Å². The Labute approximate surface area is 176 Å². The number of nitrogens with one attached hydrogen (secondary N) is 1. The van der Waals surface area contributed by atoms with Crippen LogP contribution in [-0.2, 0) is 23.6 Å². The number of nitrogens with zero attached hydrogens (tertiary/aromatic N) is 3. The molecule has 0 aliphatic heterocycles. The predicted octanol–water partition coefficient (Wildman–Crippen LogP) is 2.81. The monoisotopic (exact) mass is 428 g/mol. The Bertz CT molecular complexity index is 1150. The van der Waals surface area contributed by atoms with Gasteiger partial charge in [0.1, 0.15) is 5.75 Å². The summed E-state index contributed by atoms with van der Waals surface area (Å²) in [5.74, 6) is 0.357. The number of sulfonamides is 1. The zero-order chi connectivity index (χ0) is 21.9. The minimum absolute atomic E-state index is 0.0158. The minimum atomic E-state index is -3.86. The molecule has 0 fully saturated rings. The van der Waals surface area contributed by atoms with Crippen molar-refractivity contribution in [2.45, 2.75) is 18.4 Å². The van der Waals surface area contributed by atoms with E-state index in [2.05, 4.69) is 9.82 Å². The highest BCUT2D eigenvalue weighted by atomic mass is 32.2. The number of methoxy groups -OCH3 is 1. The lowest BCUT2D eigenvalue weighted by atomic mass is 10.1. The largest absolute Gasteiger partial charge is 0.497 e. The number of ether oxygens (including phenoxy) is 1. The molecule has 0 radical (unpaired) electrons. The molecule has 0 unspecified atom stereocenters. The molecule has 30 heavy (non-hydrogen) atoms. The number of aryl methyl sites for hydroxylation is 2. The smallest absolute Gasteiger partial charge is 0.261 e. The van der Waals surface area contributed by atoms with Crippen molar-refractivity contribution >= 4 is 21.6 Å². The van der Waals surface area contributed by atoms with Crippen LogP contribution in [0.1, 0.15) is 21.5 Å². The van der Waals surface area contributed by atoms with Gasteiger partial charge in [0.05, 0.1) is 18.2 Å². The van der Waals surface area contributed by atoms with Gasteiger partial charge in [-0.3, -0.25) is 14.2 Å². The average Bonchev–Trinajstić information content (AvgIpc) is 3.12. The van der Waals surface area contributed by atoms with Crippen molar-refractivity contribution in [3.05, 3.63) is 71.5 Å². The van der Waals surface area contributed by atoms with Crippen LogP contribution in [0, 0.1) is 6.92 Å². The van der Waals surface area contributed by atoms with Gasteiger partial charge in [-0.2, -0.15) is 5.10 Å². The van der Waals surface area contributed by atoms with Crippen LogP contribution in [0.3, 0.4) is 0 Å². The summed E-state index contributed by atoms with van der Waals surface area (Å²) in [5.41, 5.74) is 2.31. The number of aromatic nitrogens is 2. The lowest BCUT2D eigenvalue weighted by molar-refractivity contribution is 0.0784. The van der Waals surface area contributed by atoms with Gasteiger partial charge >= 0.3 is 0 Å². The first-order valence-electron chi connectivity index (χ1n) is 9.20. The molecular weight excluding hydrogens is 404 g/mol. The molecule has 158 valence electrons. The highest BCUT2D eigenvalue weighted by Gasteiger charge is 2.20. The molecule has 1 aromatic heterocycles. The van der Waals surface area contributed by atoms with Gasteiger partial charge in [-0.05, 0) is 48.9 Å². The van der Waals surface area contributed by atoms with E-state index in [1.165, 1.54) is 24.1 Å². The summed E-state index contributed by atoms with van der Waals surface area (Å²) in [5, 5.41) is 4.10. The summed E-state index contributed by atoms with van der Waals surface area (Å²) < 4.78 is 34.9. The topological polar surface area (TPSA) is 93.5 Å². The fourth-order valence-electron chi connectivity index (χ4n) is 2.98. The number of hydrogen-bond acceptors (Lipinski definition) is 5. The number of anilines is 1. The fraction of sp³-hybridized carbons (Fsp3) is 0.238. The Morgan fingerprint density at radius 1 is 1.20 bits per heavy atom. The first-order valence-corrected chi connectivity index (χ1v) is 10.7. The van der Waals surface area contributed by atoms with E-state index in [4.69, 9.17) is 4.74 Å². The molecule has 0 bridgehead atoms. The van der Waals surface area contributed by atoms with Crippen LogP contribution >= 0.6 is 0 Å². The van der Waals surface area contributed by atoms with Gasteiger partial charge in [-0.1, -0.05) is 6.07 Å². The van der Waals surface area contributed by atoms with Crippen molar-refractivity contribution in [3.63, 3.8) is 0 Å². The van der Waals surface area contributed by atoms with Crippen LogP contribution < -0.4 is 9.46 Å². The molecule has 0 atom stereocenters. The third-order valence-electron chi connectivity index (χ3n) is 4.62. The molecule has 0 aliphatic carbocycles. The zero-order valence-electron chi connectivity index (χ0n) is 17.3. The standard InChI is InChI=1S/C21H24N4O4S/c1-15-5-10-19(30(27,28)23-17-6-8-18(29-4)9-7-17)11-20(15)21(26)24(2)13-16-12-22-25(3)14-16/h5-12,14,23H,13H2,1-4H3. The molecule has 1 amide bonds. The lowest BCUT2D eigenvalue weighted by Crippen LogP contribution is -2.27. The number of benzene rings is 2. The van der Waals surface area contributed by atoms with Gasteiger partial charge in [0.2, 0.25) is 0 Å². The van der Waals surface area contributed by atoms with Crippen molar-refractivity contribution in [2.75, 3.05) is 18.9 Å². The molecule has 1 heterocycles. The van der Waals surface area contributed by atoms with E-state index >= 15 is 0 Å². The van der Waals surface area contributed by atoms with E-state index < -0.39 is 10.0 Å². The van der Waals surface area contributed by atoms with Crippen LogP contribution in [-0.4, -0.2) is 43.2 Å². The molecule has 0 aliphatic rings. The summed E-state index contributed by atoms with van der Waals surface area (Å²) in [6.07, 6.45) is 3.52. The van der Waals surface area contributed by atoms with E-state index in [1.54, 1.807) is 62.2 Å². The molecule has 8 nitrogen and oxygen atoms in total. The van der Waals surface area contributed by atoms with Crippen molar-refractivity contribution in [3.8, 4) is 5.75 Å². The van der Waals surface area contributed by atoms with Crippen LogP contribution in [0.25, 0.3) is 0 Å². The highest BCUT2D eigenvalue weighted by molar-refractivity contribution is 7.92. The van der Waals surface area contributed by atoms with Gasteiger partial charge in [0, 0.05) is 43.7 Å². The predicted molar refractivity (Wildman–Crippen MR) is 114 cm³/mol. The van der Waals surface area contributed by atoms with Gasteiger partial charge in [-0.15, -0.1) is 0 Å². The Kier molecular flexibility index (Phi) is 6.12. The summed E-state index contributed by atoms with van der Waals surface area (Å²) in [4.78, 5) is 14.5. The van der Waals surface area contributed by atoms with E-state index in [1.807, 2.05) is 6.20 Å². The number of amides is 1. The van der Waals surface area contributed by atoms with Crippen molar-refractivity contribution in [2.24, 2.45) is 7.05 Å². The van der Waals surface area contributed by atoms with E-state index in [0.717, 1.165) is 5.56 Å². The lowest BCUT2D eigenvalue weighted by Gasteiger charge is -2.18. The number of rotatable bonds is 7. The van der Waals surface area contributed by atoms with Crippen molar-refractivity contribution in [1.82, 2.24) is 14.7 Å². The van der Waals surface area contributed by atoms with Gasteiger partial charge in [0.15, 0.2) is 0 Å². The van der Waals surface area contributed by atoms with Crippen LogP contribution in [0.5, 0.6) is 5.75 Å². The molecule has 0 saturated heterocycles. The maximum absolute atomic E-state index is 13.0. The quantitative estimate of drug-likeness (QED) is 0.625. The molecule has 9 heteroatoms. The second-order valence-electron chi connectivity index (χ2n) is 6.99. The molecular formula is C21H24N4O4S. The molecule has 0 spiro atoms. The van der Waals surface area contributed by atoms with Crippen molar-refractivity contribution < 1.29 is 17.9 Å². The van der Waals surface area contributed by atoms with Gasteiger partial charge in [-0.25, -0.2) is 8.42 Å². The summed E-state index contributed by atoms with van der Waals surface area (Å²) in [6.45, 7) is 2.14. The number of carbonyl (C=O) groups is 1. The van der Waals surface area contributed by atoms with Gasteiger partial charge < -0.3 is 9.64 Å². The Hall–Kier alpha value is -3.33. The molecule has 2 aromatic carbocycles. The SMILES string of the molecule is COc1ccc(NS(=O)(=O)c2ccc(C)c(C(=O)N(C)Cc3cnn(C)c3)c2)cc1. The third kappa shape index (κ3) is 4.80. The molecule has 0 saturated carbocycles. The van der Waals surface area contributed by atoms with Crippen LogP contribution in [0.15, 0.2) is 59.8 Å². The first-order chi connectivity index (χ1) is 14.2. The normalized spacial score (nSPS) is 11.2. The summed E-state index contributed by atoms with van der Waals surface area (Å²) in [6, 6.07) is 11.1. The van der Waals surface area contributed by atoms with E-state index in [-0.39, 0.29) is 10.8 Å². The number of carbonyl (C=O) groups excluding carboxylic acids is 1. The molecule has 3 rings (SSSR count). The Balaban J connectivity index is 1.83. The maximum Gasteiger partial charge on any atom is 0.261 e. The number of hydrogen-bond donors (Lipinski definition) is 1. The van der Waals surface area contributed by atoms with Crippen LogP contribution in [0.2, 0.25) is 0 Å². The second kappa shape index (κ2) is 8.58.